The number of hydrogen-bond acceptors (Lipinski definition) is 3. The van der Waals surface area contributed by atoms with Crippen molar-refractivity contribution in [1.29, 1.82) is 0 Å². The summed E-state index contributed by atoms with van der Waals surface area (Å²) < 4.78 is 8.19. The molecule has 122 valence electrons. The highest BCUT2D eigenvalue weighted by Gasteiger charge is 2.36. The number of hydrogen-bond donors (Lipinski definition) is 0. The lowest BCUT2D eigenvalue weighted by molar-refractivity contribution is -0.134. The molecule has 0 atom stereocenters. The summed E-state index contributed by atoms with van der Waals surface area (Å²) in [5.74, 6) is 0.419. The van der Waals surface area contributed by atoms with Gasteiger partial charge in [0.15, 0.2) is 5.76 Å². The van der Waals surface area contributed by atoms with Crippen molar-refractivity contribution >= 4 is 28.2 Å². The maximum atomic E-state index is 11.6. The van der Waals surface area contributed by atoms with E-state index >= 15 is 0 Å². The fourth-order valence-electron chi connectivity index (χ4n) is 3.19. The second-order valence-electron chi connectivity index (χ2n) is 7.55. The van der Waals surface area contributed by atoms with Crippen LogP contribution in [0.4, 0.5) is 0 Å². The molecule has 0 heterocycles. The minimum atomic E-state index is -1.59. The van der Waals surface area contributed by atoms with E-state index in [0.717, 1.165) is 11.3 Å². The van der Waals surface area contributed by atoms with Crippen LogP contribution in [0, 0.1) is 0 Å². The Labute approximate surface area is 137 Å². The van der Waals surface area contributed by atoms with Gasteiger partial charge in [0.1, 0.15) is 16.5 Å². The van der Waals surface area contributed by atoms with Crippen molar-refractivity contribution in [3.8, 4) is 0 Å². The number of allylic oxidation sites excluding steroid dienone is 1. The van der Waals surface area contributed by atoms with Crippen molar-refractivity contribution in [3.05, 3.63) is 41.6 Å². The first-order valence-corrected chi connectivity index (χ1v) is 14.6. The average Bonchev–Trinajstić information content (AvgIpc) is 2.33. The lowest BCUT2D eigenvalue weighted by Crippen LogP contribution is -2.58. The molecule has 0 aliphatic carbocycles. The summed E-state index contributed by atoms with van der Waals surface area (Å²) in [6.07, 6.45) is 0. The van der Waals surface area contributed by atoms with Gasteiger partial charge in [-0.2, -0.15) is 0 Å². The van der Waals surface area contributed by atoms with Gasteiger partial charge in [-0.25, -0.2) is 0 Å². The van der Waals surface area contributed by atoms with Crippen LogP contribution in [0.15, 0.2) is 36.0 Å². The molecule has 0 amide bonds. The summed E-state index contributed by atoms with van der Waals surface area (Å²) in [6, 6.07) is 9.90. The molecule has 22 heavy (non-hydrogen) atoms. The monoisotopic (exact) mass is 335 g/mol. The van der Waals surface area contributed by atoms with Crippen LogP contribution in [0.2, 0.25) is 39.3 Å². The molecule has 1 aromatic rings. The molecule has 5 heteroatoms. The Bertz CT molecular complexity index is 540. The zero-order chi connectivity index (χ0) is 17.1. The molecule has 0 aromatic heterocycles. The molecular formula is C17H29NO2Si2. The first kappa shape index (κ1) is 18.7. The number of benzene rings is 1. The highest BCUT2D eigenvalue weighted by Crippen LogP contribution is 2.31. The van der Waals surface area contributed by atoms with E-state index in [-0.39, 0.29) is 5.97 Å². The third kappa shape index (κ3) is 4.85. The van der Waals surface area contributed by atoms with Gasteiger partial charge in [0, 0.05) is 18.2 Å². The van der Waals surface area contributed by atoms with Crippen LogP contribution in [0.1, 0.15) is 19.4 Å². The second-order valence-corrected chi connectivity index (χ2v) is 17.6. The van der Waals surface area contributed by atoms with Crippen molar-refractivity contribution in [1.82, 2.24) is 4.23 Å². The molecule has 1 rings (SSSR count). The number of ether oxygens (including phenoxy) is 1. The molecule has 0 saturated carbocycles. The molecule has 0 N–H and O–H groups in total. The second kappa shape index (κ2) is 6.83. The number of esters is 1. The van der Waals surface area contributed by atoms with Crippen molar-refractivity contribution in [2.24, 2.45) is 0 Å². The number of nitrogens with zero attached hydrogens (tertiary/aromatic N) is 1. The zero-order valence-electron chi connectivity index (χ0n) is 15.2. The van der Waals surface area contributed by atoms with Crippen LogP contribution < -0.4 is 0 Å². The molecule has 0 saturated heterocycles. The lowest BCUT2D eigenvalue weighted by atomic mass is 10.1. The summed E-state index contributed by atoms with van der Waals surface area (Å²) in [4.78, 5) is 11.6. The smallest absolute Gasteiger partial charge is 0.308 e. The maximum absolute atomic E-state index is 11.6. The Morgan fingerprint density at radius 3 is 1.73 bits per heavy atom. The van der Waals surface area contributed by atoms with Crippen LogP contribution in [-0.4, -0.2) is 26.7 Å². The fraction of sp³-hybridized carbons (Fsp3) is 0.471. The van der Waals surface area contributed by atoms with E-state index in [1.807, 2.05) is 30.3 Å². The van der Waals surface area contributed by atoms with Gasteiger partial charge >= 0.3 is 5.97 Å². The highest BCUT2D eigenvalue weighted by atomic mass is 28.4. The van der Waals surface area contributed by atoms with Crippen molar-refractivity contribution in [2.75, 3.05) is 0 Å². The molecule has 0 fully saturated rings. The predicted molar refractivity (Wildman–Crippen MR) is 99.3 cm³/mol. The van der Waals surface area contributed by atoms with Gasteiger partial charge in [-0.05, 0) is 6.92 Å². The third-order valence-electron chi connectivity index (χ3n) is 3.29. The van der Waals surface area contributed by atoms with E-state index in [1.54, 1.807) is 0 Å². The maximum Gasteiger partial charge on any atom is 0.308 e. The first-order valence-electron chi connectivity index (χ1n) is 7.69. The van der Waals surface area contributed by atoms with E-state index in [4.69, 9.17) is 4.74 Å². The summed E-state index contributed by atoms with van der Waals surface area (Å²) in [5, 5.41) is 0. The van der Waals surface area contributed by atoms with Crippen molar-refractivity contribution in [2.45, 2.75) is 53.1 Å². The van der Waals surface area contributed by atoms with Crippen LogP contribution in [0.5, 0.6) is 0 Å². The third-order valence-corrected chi connectivity index (χ3v) is 10.7. The van der Waals surface area contributed by atoms with E-state index in [9.17, 15) is 4.79 Å². The molecule has 0 bridgehead atoms. The van der Waals surface area contributed by atoms with Gasteiger partial charge in [0.2, 0.25) is 0 Å². The molecule has 3 nitrogen and oxygen atoms in total. The van der Waals surface area contributed by atoms with E-state index in [0.29, 0.717) is 5.76 Å². The Morgan fingerprint density at radius 2 is 1.36 bits per heavy atom. The van der Waals surface area contributed by atoms with Gasteiger partial charge in [-0.15, -0.1) is 0 Å². The predicted octanol–water partition coefficient (Wildman–Crippen LogP) is 4.91. The normalized spacial score (nSPS) is 13.5. The standard InChI is InChI=1S/C17H29NO2Si2/c1-14(18(21(3,4)5)22(6,7)8)17(20-15(2)19)16-12-10-9-11-13-16/h9-13H,1-8H3/b17-14-. The Balaban J connectivity index is 3.52. The Morgan fingerprint density at radius 1 is 0.909 bits per heavy atom. The van der Waals surface area contributed by atoms with Gasteiger partial charge in [-0.1, -0.05) is 69.6 Å². The minimum absolute atomic E-state index is 0.274. The van der Waals surface area contributed by atoms with Gasteiger partial charge in [-0.3, -0.25) is 4.79 Å². The number of carbonyl (C=O) groups excluding carboxylic acids is 1. The Hall–Kier alpha value is -1.34. The van der Waals surface area contributed by atoms with Gasteiger partial charge in [0.25, 0.3) is 0 Å². The van der Waals surface area contributed by atoms with Gasteiger partial charge < -0.3 is 8.97 Å². The molecule has 0 radical (unpaired) electrons. The average molecular weight is 336 g/mol. The largest absolute Gasteiger partial charge is 0.425 e. The number of carbonyl (C=O) groups is 1. The summed E-state index contributed by atoms with van der Waals surface area (Å²) in [6.45, 7) is 17.6. The van der Waals surface area contributed by atoms with Crippen molar-refractivity contribution < 1.29 is 9.53 Å². The molecular weight excluding hydrogens is 306 g/mol. The topological polar surface area (TPSA) is 29.5 Å². The molecule has 0 aliphatic heterocycles. The highest BCUT2D eigenvalue weighted by molar-refractivity contribution is 6.90. The van der Waals surface area contributed by atoms with Crippen LogP contribution in [0.25, 0.3) is 5.76 Å². The number of rotatable bonds is 5. The zero-order valence-corrected chi connectivity index (χ0v) is 17.2. The summed E-state index contributed by atoms with van der Waals surface area (Å²) in [5.41, 5.74) is 2.04. The summed E-state index contributed by atoms with van der Waals surface area (Å²) in [7, 11) is -3.17. The molecule has 1 aromatic carbocycles. The Kier molecular flexibility index (Phi) is 5.81. The molecule has 0 unspecified atom stereocenters. The van der Waals surface area contributed by atoms with Crippen LogP contribution >= 0.6 is 0 Å². The van der Waals surface area contributed by atoms with Crippen LogP contribution in [0.3, 0.4) is 0 Å². The van der Waals surface area contributed by atoms with E-state index in [1.165, 1.54) is 6.92 Å². The SMILES string of the molecule is CC(=O)O/C(=C(/C)N([Si](C)(C)C)[Si](C)(C)C)c1ccccc1. The minimum Gasteiger partial charge on any atom is -0.425 e. The molecule has 0 aliphatic rings. The summed E-state index contributed by atoms with van der Waals surface area (Å²) >= 11 is 0. The quantitative estimate of drug-likeness (QED) is 0.435. The lowest BCUT2D eigenvalue weighted by Gasteiger charge is -2.46. The fourth-order valence-corrected chi connectivity index (χ4v) is 13.5. The van der Waals surface area contributed by atoms with E-state index < -0.39 is 16.5 Å². The molecule has 0 spiro atoms. The van der Waals surface area contributed by atoms with Crippen LogP contribution in [-0.2, 0) is 9.53 Å². The van der Waals surface area contributed by atoms with Gasteiger partial charge in [0.05, 0.1) is 0 Å². The first-order chi connectivity index (χ1) is 9.94. The van der Waals surface area contributed by atoms with Crippen molar-refractivity contribution in [3.63, 3.8) is 0 Å². The van der Waals surface area contributed by atoms with E-state index in [2.05, 4.69) is 50.4 Å².